The number of para-hydroxylation sites is 1. The predicted octanol–water partition coefficient (Wildman–Crippen LogP) is 3.55. The second kappa shape index (κ2) is 8.52. The molecule has 3 amide bonds. The fourth-order valence-corrected chi connectivity index (χ4v) is 5.06. The first-order chi connectivity index (χ1) is 15.1. The highest BCUT2D eigenvalue weighted by molar-refractivity contribution is 7.18. The maximum absolute atomic E-state index is 12.4. The Hall–Kier alpha value is -3.17. The zero-order chi connectivity index (χ0) is 21.2. The van der Waals surface area contributed by atoms with Crippen molar-refractivity contribution in [3.8, 4) is 11.5 Å². The molecule has 3 heterocycles. The quantitative estimate of drug-likeness (QED) is 0.647. The van der Waals surface area contributed by atoms with E-state index in [2.05, 4.69) is 21.6 Å². The van der Waals surface area contributed by atoms with Crippen LogP contribution in [-0.2, 0) is 4.79 Å². The molecule has 31 heavy (non-hydrogen) atoms. The highest BCUT2D eigenvalue weighted by atomic mass is 32.1. The summed E-state index contributed by atoms with van der Waals surface area (Å²) >= 11 is 1.72. The number of anilines is 1. The van der Waals surface area contributed by atoms with Crippen molar-refractivity contribution < 1.29 is 19.1 Å². The highest BCUT2D eigenvalue weighted by Crippen LogP contribution is 2.34. The van der Waals surface area contributed by atoms with E-state index in [-0.39, 0.29) is 19.2 Å². The SMILES string of the molecule is O=C(CN1CCCC(c2nc3ccccc3s2)C1)NC(=O)Nc1ccc2c(c1)OCO2. The Bertz CT molecular complexity index is 1100. The third-order valence-corrected chi connectivity index (χ3v) is 6.61. The Morgan fingerprint density at radius 2 is 2.03 bits per heavy atom. The first-order valence-electron chi connectivity index (χ1n) is 10.2. The summed E-state index contributed by atoms with van der Waals surface area (Å²) in [7, 11) is 0. The number of hydrogen-bond acceptors (Lipinski definition) is 7. The van der Waals surface area contributed by atoms with Gasteiger partial charge in [-0.25, -0.2) is 9.78 Å². The zero-order valence-electron chi connectivity index (χ0n) is 16.8. The molecule has 9 heteroatoms. The molecule has 0 radical (unpaired) electrons. The molecule has 3 aromatic rings. The molecule has 1 saturated heterocycles. The molecule has 0 saturated carbocycles. The topological polar surface area (TPSA) is 92.8 Å². The Balaban J connectivity index is 1.15. The molecular formula is C22H22N4O4S. The molecule has 1 fully saturated rings. The smallest absolute Gasteiger partial charge is 0.325 e. The first-order valence-corrected chi connectivity index (χ1v) is 11.0. The number of likely N-dealkylation sites (tertiary alicyclic amines) is 1. The van der Waals surface area contributed by atoms with E-state index in [1.54, 1.807) is 29.5 Å². The van der Waals surface area contributed by atoms with Crippen LogP contribution in [0, 0.1) is 0 Å². The number of piperidine rings is 1. The van der Waals surface area contributed by atoms with E-state index in [1.807, 2.05) is 18.2 Å². The number of thiazole rings is 1. The van der Waals surface area contributed by atoms with Crippen LogP contribution in [0.25, 0.3) is 10.2 Å². The molecule has 0 bridgehead atoms. The van der Waals surface area contributed by atoms with Crippen LogP contribution in [0.15, 0.2) is 42.5 Å². The number of benzene rings is 2. The van der Waals surface area contributed by atoms with Crippen LogP contribution >= 0.6 is 11.3 Å². The lowest BCUT2D eigenvalue weighted by molar-refractivity contribution is -0.121. The minimum absolute atomic E-state index is 0.164. The first kappa shape index (κ1) is 19.8. The number of imide groups is 1. The number of amides is 3. The number of rotatable bonds is 4. The van der Waals surface area contributed by atoms with E-state index in [1.165, 1.54) is 4.70 Å². The monoisotopic (exact) mass is 438 g/mol. The Kier molecular flexibility index (Phi) is 5.44. The van der Waals surface area contributed by atoms with Crippen molar-refractivity contribution in [2.75, 3.05) is 31.7 Å². The van der Waals surface area contributed by atoms with Crippen molar-refractivity contribution in [3.05, 3.63) is 47.5 Å². The van der Waals surface area contributed by atoms with E-state index in [9.17, 15) is 9.59 Å². The number of hydrogen-bond donors (Lipinski definition) is 2. The minimum Gasteiger partial charge on any atom is -0.454 e. The van der Waals surface area contributed by atoms with Crippen molar-refractivity contribution in [2.45, 2.75) is 18.8 Å². The van der Waals surface area contributed by atoms with Crippen molar-refractivity contribution in [2.24, 2.45) is 0 Å². The van der Waals surface area contributed by atoms with Crippen LogP contribution < -0.4 is 20.1 Å². The van der Waals surface area contributed by atoms with Gasteiger partial charge in [0.15, 0.2) is 11.5 Å². The summed E-state index contributed by atoms with van der Waals surface area (Å²) < 4.78 is 11.7. The predicted molar refractivity (Wildman–Crippen MR) is 118 cm³/mol. The summed E-state index contributed by atoms with van der Waals surface area (Å²) in [5.74, 6) is 1.18. The molecule has 0 aliphatic carbocycles. The normalized spacial score (nSPS) is 18.1. The fraction of sp³-hybridized carbons (Fsp3) is 0.318. The number of carbonyl (C=O) groups excluding carboxylic acids is 2. The van der Waals surface area contributed by atoms with Gasteiger partial charge in [-0.05, 0) is 43.7 Å². The summed E-state index contributed by atoms with van der Waals surface area (Å²) in [6, 6.07) is 12.7. The lowest BCUT2D eigenvalue weighted by atomic mass is 9.99. The number of nitrogens with one attached hydrogen (secondary N) is 2. The number of fused-ring (bicyclic) bond motifs is 2. The minimum atomic E-state index is -0.566. The van der Waals surface area contributed by atoms with E-state index < -0.39 is 6.03 Å². The second-order valence-electron chi connectivity index (χ2n) is 7.66. The number of ether oxygens (including phenoxy) is 2. The molecule has 8 nitrogen and oxygen atoms in total. The zero-order valence-corrected chi connectivity index (χ0v) is 17.6. The molecule has 2 N–H and O–H groups in total. The molecule has 0 spiro atoms. The molecule has 1 aromatic heterocycles. The number of urea groups is 1. The molecule has 2 aromatic carbocycles. The van der Waals surface area contributed by atoms with Crippen molar-refractivity contribution >= 4 is 39.2 Å². The van der Waals surface area contributed by atoms with Gasteiger partial charge in [0.25, 0.3) is 0 Å². The molecule has 1 unspecified atom stereocenters. The van der Waals surface area contributed by atoms with Crippen LogP contribution in [0.3, 0.4) is 0 Å². The van der Waals surface area contributed by atoms with Crippen molar-refractivity contribution in [1.82, 2.24) is 15.2 Å². The lowest BCUT2D eigenvalue weighted by Crippen LogP contribution is -2.44. The molecule has 5 rings (SSSR count). The van der Waals surface area contributed by atoms with Crippen LogP contribution in [0.5, 0.6) is 11.5 Å². The Labute approximate surface area is 183 Å². The largest absolute Gasteiger partial charge is 0.454 e. The maximum Gasteiger partial charge on any atom is 0.325 e. The van der Waals surface area contributed by atoms with Gasteiger partial charge < -0.3 is 14.8 Å². The van der Waals surface area contributed by atoms with Crippen LogP contribution in [0.2, 0.25) is 0 Å². The molecule has 2 aliphatic rings. The Morgan fingerprint density at radius 1 is 1.16 bits per heavy atom. The third-order valence-electron chi connectivity index (χ3n) is 5.42. The van der Waals surface area contributed by atoms with Crippen molar-refractivity contribution in [1.29, 1.82) is 0 Å². The molecule has 160 valence electrons. The summed E-state index contributed by atoms with van der Waals surface area (Å²) in [4.78, 5) is 31.5. The summed E-state index contributed by atoms with van der Waals surface area (Å²) in [5.41, 5.74) is 1.56. The van der Waals surface area contributed by atoms with Gasteiger partial charge in [0.1, 0.15) is 0 Å². The van der Waals surface area contributed by atoms with Gasteiger partial charge in [-0.1, -0.05) is 12.1 Å². The Morgan fingerprint density at radius 3 is 2.94 bits per heavy atom. The maximum atomic E-state index is 12.4. The standard InChI is InChI=1S/C22H22N4O4S/c27-20(25-22(28)23-15-7-8-17-18(10-15)30-13-29-17)12-26-9-3-4-14(11-26)21-24-16-5-1-2-6-19(16)31-21/h1-2,5-8,10,14H,3-4,9,11-13H2,(H2,23,25,27,28). The second-order valence-corrected chi connectivity index (χ2v) is 8.73. The number of nitrogens with zero attached hydrogens (tertiary/aromatic N) is 2. The van der Waals surface area contributed by atoms with Gasteiger partial charge in [-0.15, -0.1) is 11.3 Å². The van der Waals surface area contributed by atoms with Crippen molar-refractivity contribution in [3.63, 3.8) is 0 Å². The van der Waals surface area contributed by atoms with Crippen LogP contribution in [0.1, 0.15) is 23.8 Å². The molecule has 2 aliphatic heterocycles. The molecular weight excluding hydrogens is 416 g/mol. The van der Waals surface area contributed by atoms with Gasteiger partial charge in [0.05, 0.1) is 21.8 Å². The third kappa shape index (κ3) is 4.47. The summed E-state index contributed by atoms with van der Waals surface area (Å²) in [5, 5.41) is 6.18. The lowest BCUT2D eigenvalue weighted by Gasteiger charge is -2.31. The average Bonchev–Trinajstić information content (AvgIpc) is 3.40. The fourth-order valence-electron chi connectivity index (χ4n) is 3.97. The highest BCUT2D eigenvalue weighted by Gasteiger charge is 2.25. The number of aromatic nitrogens is 1. The number of carbonyl (C=O) groups is 2. The van der Waals surface area contributed by atoms with Gasteiger partial charge in [-0.3, -0.25) is 15.0 Å². The van der Waals surface area contributed by atoms with E-state index >= 15 is 0 Å². The van der Waals surface area contributed by atoms with E-state index in [4.69, 9.17) is 14.5 Å². The van der Waals surface area contributed by atoms with Gasteiger partial charge in [-0.2, -0.15) is 0 Å². The van der Waals surface area contributed by atoms with Gasteiger partial charge >= 0.3 is 6.03 Å². The van der Waals surface area contributed by atoms with Crippen LogP contribution in [0.4, 0.5) is 10.5 Å². The summed E-state index contributed by atoms with van der Waals surface area (Å²) in [6.07, 6.45) is 2.06. The van der Waals surface area contributed by atoms with E-state index in [0.29, 0.717) is 23.1 Å². The average molecular weight is 439 g/mol. The summed E-state index contributed by atoms with van der Waals surface area (Å²) in [6.45, 7) is 1.93. The van der Waals surface area contributed by atoms with Crippen LogP contribution in [-0.4, -0.2) is 48.2 Å². The van der Waals surface area contributed by atoms with Gasteiger partial charge in [0.2, 0.25) is 12.7 Å². The molecule has 1 atom stereocenters. The van der Waals surface area contributed by atoms with E-state index in [0.717, 1.165) is 36.5 Å². The van der Waals surface area contributed by atoms with Gasteiger partial charge in [0, 0.05) is 24.2 Å².